The minimum absolute atomic E-state index is 0.0506. The molecule has 0 aromatic heterocycles. The molecular weight excluding hydrogens is 1930 g/mol. The van der Waals surface area contributed by atoms with Gasteiger partial charge in [0.2, 0.25) is 0 Å². The van der Waals surface area contributed by atoms with Gasteiger partial charge in [-0.15, -0.1) is 0 Å². The van der Waals surface area contributed by atoms with Crippen molar-refractivity contribution in [2.75, 3.05) is 163 Å². The van der Waals surface area contributed by atoms with Crippen molar-refractivity contribution in [3.8, 4) is 0 Å². The molecular formula is C97H170O48. The summed E-state index contributed by atoms with van der Waals surface area (Å²) in [7, 11) is 10.6. The highest BCUT2D eigenvalue weighted by Crippen LogP contribution is 2.17. The zero-order chi connectivity index (χ0) is 115. The third-order valence-electron chi connectivity index (χ3n) is 15.0. The van der Waals surface area contributed by atoms with Gasteiger partial charge < -0.3 is 114 Å². The van der Waals surface area contributed by atoms with Crippen molar-refractivity contribution >= 4 is 143 Å². The van der Waals surface area contributed by atoms with Gasteiger partial charge in [0.1, 0.15) is 26.4 Å². The van der Waals surface area contributed by atoms with E-state index in [1.165, 1.54) is 140 Å². The van der Waals surface area contributed by atoms with Crippen LogP contribution >= 0.6 is 0 Å². The fraction of sp³-hybridized carbons (Fsp3) is 0.753. The van der Waals surface area contributed by atoms with Crippen LogP contribution in [0.1, 0.15) is 294 Å². The first-order valence-electron chi connectivity index (χ1n) is 46.5. The summed E-state index contributed by atoms with van der Waals surface area (Å²) in [6.45, 7) is 37.2. The lowest BCUT2D eigenvalue weighted by Crippen LogP contribution is -2.31. The first-order valence-corrected chi connectivity index (χ1v) is 46.5. The summed E-state index contributed by atoms with van der Waals surface area (Å²) in [5.74, 6) is -7.70. The number of carbonyl (C=O) groups is 24. The molecule has 846 valence electrons. The molecule has 0 aliphatic carbocycles. The van der Waals surface area contributed by atoms with E-state index in [0.717, 1.165) is 64.2 Å². The van der Waals surface area contributed by atoms with E-state index >= 15 is 0 Å². The van der Waals surface area contributed by atoms with Gasteiger partial charge in [0.05, 0.1) is 141 Å². The SMILES string of the molecule is CC(=O)OCC(=O)OCC(C)C.CC(=O)OCCC(=O)OCC(C)C.CC(=O)OCCCCC(=O)OCC(C)C.CCOC(=O)COC(C)=O.COC(=O)C(C)(C)COC(C)=O.COC(=O)C(C)COC(C)=O.COC(=O)CCCCCCCCOC(C)=O.COC(=O)CCCCCCOC(C)=O.COC(=O)CCCCOC(C)=O.COC(=O)CCCOC(C)=O.COC(=O)CCOC(C)=O.COC(=O)COC(C)=O. The van der Waals surface area contributed by atoms with Crippen molar-refractivity contribution in [1.29, 1.82) is 0 Å². The largest absolute Gasteiger partial charge is 0.469 e. The first kappa shape index (κ1) is 158. The topological polar surface area (TPSA) is 631 Å². The van der Waals surface area contributed by atoms with Crippen molar-refractivity contribution < 1.29 is 229 Å². The average Bonchev–Trinajstić information content (AvgIpc) is 0.888. The van der Waals surface area contributed by atoms with Gasteiger partial charge in [0, 0.05) is 115 Å². The van der Waals surface area contributed by atoms with Crippen LogP contribution in [0.25, 0.3) is 0 Å². The van der Waals surface area contributed by atoms with E-state index in [1.807, 2.05) is 41.5 Å². The maximum atomic E-state index is 11.1. The summed E-state index contributed by atoms with van der Waals surface area (Å²) in [5, 5.41) is 0. The number of methoxy groups -OCH3 is 8. The van der Waals surface area contributed by atoms with Crippen molar-refractivity contribution in [3.63, 3.8) is 0 Å². The maximum absolute atomic E-state index is 11.1. The van der Waals surface area contributed by atoms with Crippen LogP contribution in [0, 0.1) is 29.1 Å². The zero-order valence-corrected chi connectivity index (χ0v) is 91.3. The number of ether oxygens (including phenoxy) is 24. The molecule has 0 heterocycles. The molecule has 0 bridgehead atoms. The Morgan fingerprint density at radius 1 is 0.200 bits per heavy atom. The fourth-order valence-electron chi connectivity index (χ4n) is 7.75. The summed E-state index contributed by atoms with van der Waals surface area (Å²) in [5.41, 5.74) is -0.763. The van der Waals surface area contributed by atoms with Crippen LogP contribution in [0.5, 0.6) is 0 Å². The van der Waals surface area contributed by atoms with Gasteiger partial charge in [-0.25, -0.2) is 14.4 Å². The molecule has 48 heteroatoms. The molecule has 48 nitrogen and oxygen atoms in total. The molecule has 145 heavy (non-hydrogen) atoms. The Labute approximate surface area is 853 Å². The van der Waals surface area contributed by atoms with E-state index < -0.39 is 47.2 Å². The first-order chi connectivity index (χ1) is 67.7. The Kier molecular flexibility index (Phi) is 125. The highest BCUT2D eigenvalue weighted by Gasteiger charge is 2.30. The zero-order valence-electron chi connectivity index (χ0n) is 91.3. The van der Waals surface area contributed by atoms with Gasteiger partial charge in [-0.3, -0.25) is 101 Å². The van der Waals surface area contributed by atoms with Crippen LogP contribution in [0.15, 0.2) is 0 Å². The minimum Gasteiger partial charge on any atom is -0.469 e. The molecule has 0 aliphatic heterocycles. The Morgan fingerprint density at radius 2 is 0.421 bits per heavy atom. The normalized spacial score (nSPS) is 9.66. The van der Waals surface area contributed by atoms with E-state index in [1.54, 1.807) is 27.7 Å². The lowest BCUT2D eigenvalue weighted by atomic mass is 9.95. The predicted molar refractivity (Wildman–Crippen MR) is 514 cm³/mol. The maximum Gasteiger partial charge on any atom is 0.344 e. The Morgan fingerprint density at radius 3 is 0.697 bits per heavy atom. The number of unbranched alkanes of at least 4 members (excludes halogenated alkanes) is 10. The molecule has 0 saturated heterocycles. The van der Waals surface area contributed by atoms with Crippen molar-refractivity contribution in [3.05, 3.63) is 0 Å². The van der Waals surface area contributed by atoms with Crippen LogP contribution in [0.4, 0.5) is 0 Å². The summed E-state index contributed by atoms with van der Waals surface area (Å²) >= 11 is 0. The van der Waals surface area contributed by atoms with E-state index in [-0.39, 0.29) is 173 Å². The third kappa shape index (κ3) is 168. The second-order valence-electron chi connectivity index (χ2n) is 31.1. The Hall–Kier alpha value is -12.7. The highest BCUT2D eigenvalue weighted by atomic mass is 16.6. The molecule has 0 aliphatic rings. The number of carbonyl (C=O) groups excluding carboxylic acids is 24. The number of rotatable bonds is 55. The van der Waals surface area contributed by atoms with Crippen LogP contribution in [0.2, 0.25) is 0 Å². The average molecular weight is 2100 g/mol. The van der Waals surface area contributed by atoms with E-state index in [4.69, 9.17) is 28.4 Å². The second kappa shape index (κ2) is 115. The molecule has 0 radical (unpaired) electrons. The van der Waals surface area contributed by atoms with Gasteiger partial charge >= 0.3 is 143 Å². The molecule has 0 fully saturated rings. The highest BCUT2D eigenvalue weighted by molar-refractivity contribution is 5.79. The molecule has 1 unspecified atom stereocenters. The van der Waals surface area contributed by atoms with Crippen LogP contribution in [-0.4, -0.2) is 306 Å². The van der Waals surface area contributed by atoms with E-state index in [2.05, 4.69) is 85.3 Å². The van der Waals surface area contributed by atoms with Crippen molar-refractivity contribution in [1.82, 2.24) is 0 Å². The Bertz CT molecular complexity index is 3520. The van der Waals surface area contributed by atoms with Crippen LogP contribution in [0.3, 0.4) is 0 Å². The quantitative estimate of drug-likeness (QED) is 0.0310. The summed E-state index contributed by atoms with van der Waals surface area (Å²) in [4.78, 5) is 251. The molecule has 0 spiro atoms. The smallest absolute Gasteiger partial charge is 0.344 e. The summed E-state index contributed by atoms with van der Waals surface area (Å²) < 4.78 is 109. The standard InChI is InChI=1S/C12H22O4.C11H20O4.C10H18O4.C9H16O4.3C8H14O4.2C7H12O4.2C6H10O4.C5H8O4/c1-11(13)16-10-8-6-4-3-5-7-9-12(14)15-2;1-9(2)8-15-11(13)6-4-5-7-14-10(3)12;1-9(11)14-8-6-4-3-5-7-10(12)13-2;1-7(2)6-13-9(11)4-5-12-8(3)10;1-6(9)12-5-8(2,3)7(10)11-4;1-6(2)4-12-8(10)5-11-7(3)9;1-7(9)12-6-4-3-5-8(10)11-2;1-5(7(9)10-3)4-11-6(2)8;1-6(8)11-5-3-4-7(9)10-2;1-5(7)10-4-3-6(8)9-2;1-3-9-6(8)4-10-5(2)7;1-4(6)9-3-5(7)8-2/h3-10H2,1-2H3;9H,4-8H2,1-3H3;3-8H2,1-2H3;7H,4-6H2,1-3H3;5H2,1-4H3;6H,4-5H2,1-3H3;3-6H2,1-2H3;5H,4H2,1-3H3;3-5H2,1-2H3;2*3-4H2,1-2H3;3H2,1-2H3. The number of hydrogen-bond donors (Lipinski definition) is 0. The molecule has 0 amide bonds. The molecule has 0 rings (SSSR count). The monoisotopic (exact) mass is 2100 g/mol. The molecule has 1 atom stereocenters. The molecule has 0 N–H and O–H groups in total. The lowest BCUT2D eigenvalue weighted by Gasteiger charge is -2.20. The van der Waals surface area contributed by atoms with E-state index in [0.29, 0.717) is 135 Å². The third-order valence-corrected chi connectivity index (χ3v) is 15.0. The molecule has 0 aromatic rings. The van der Waals surface area contributed by atoms with Gasteiger partial charge in [0.15, 0.2) is 19.8 Å². The Balaban J connectivity index is -0.000000133. The fourth-order valence-corrected chi connectivity index (χ4v) is 7.75. The molecule has 0 aromatic carbocycles. The van der Waals surface area contributed by atoms with Gasteiger partial charge in [0.25, 0.3) is 0 Å². The van der Waals surface area contributed by atoms with Crippen LogP contribution < -0.4 is 0 Å². The molecule has 0 saturated carbocycles. The minimum atomic E-state index is -0.763. The summed E-state index contributed by atoms with van der Waals surface area (Å²) in [6, 6.07) is 0. The van der Waals surface area contributed by atoms with Gasteiger partial charge in [-0.05, 0) is 103 Å². The van der Waals surface area contributed by atoms with Gasteiger partial charge in [-0.1, -0.05) is 80.1 Å². The second-order valence-corrected chi connectivity index (χ2v) is 31.1. The number of hydrogen-bond acceptors (Lipinski definition) is 48. The van der Waals surface area contributed by atoms with Gasteiger partial charge in [-0.2, -0.15) is 0 Å². The van der Waals surface area contributed by atoms with Crippen LogP contribution in [-0.2, 0) is 229 Å². The lowest BCUT2D eigenvalue weighted by molar-refractivity contribution is -0.159. The van der Waals surface area contributed by atoms with Crippen molar-refractivity contribution in [2.24, 2.45) is 29.1 Å². The summed E-state index contributed by atoms with van der Waals surface area (Å²) in [6.07, 6.45) is 15.5. The predicted octanol–water partition coefficient (Wildman–Crippen LogP) is 10.4. The van der Waals surface area contributed by atoms with E-state index in [9.17, 15) is 115 Å². The number of esters is 24. The van der Waals surface area contributed by atoms with Crippen molar-refractivity contribution in [2.45, 2.75) is 294 Å².